The number of aromatic nitrogens is 1. The molecule has 6 heteroatoms. The Labute approximate surface area is 184 Å². The van der Waals surface area contributed by atoms with Gasteiger partial charge in [-0.2, -0.15) is 0 Å². The molecule has 0 saturated carbocycles. The highest BCUT2D eigenvalue weighted by Crippen LogP contribution is 2.42. The molecule has 0 fully saturated rings. The van der Waals surface area contributed by atoms with Crippen molar-refractivity contribution < 1.29 is 14.7 Å². The van der Waals surface area contributed by atoms with Gasteiger partial charge >= 0.3 is 0 Å². The summed E-state index contributed by atoms with van der Waals surface area (Å²) in [6.45, 7) is 11.6. The van der Waals surface area contributed by atoms with Crippen LogP contribution in [0.5, 0.6) is 0 Å². The van der Waals surface area contributed by atoms with Gasteiger partial charge in [-0.25, -0.2) is 0 Å². The third kappa shape index (κ3) is 4.48. The number of amides is 1. The van der Waals surface area contributed by atoms with Crippen molar-refractivity contribution in [1.82, 2.24) is 9.88 Å². The SMILES string of the molecule is CCN(CC)c1ccc(C2C(C(=O)C(C)(C)C)=C(O)C(=O)N2Cc2cccnc2)cc1. The first-order valence-electron chi connectivity index (χ1n) is 10.7. The van der Waals surface area contributed by atoms with Gasteiger partial charge in [-0.05, 0) is 43.2 Å². The van der Waals surface area contributed by atoms with E-state index in [0.29, 0.717) is 0 Å². The molecule has 1 N–H and O–H groups in total. The van der Waals surface area contributed by atoms with E-state index in [4.69, 9.17) is 0 Å². The molecule has 1 unspecified atom stereocenters. The van der Waals surface area contributed by atoms with Gasteiger partial charge in [0, 0.05) is 43.1 Å². The van der Waals surface area contributed by atoms with E-state index >= 15 is 0 Å². The average Bonchev–Trinajstić information content (AvgIpc) is 2.99. The normalized spacial score (nSPS) is 16.7. The minimum atomic E-state index is -0.729. The topological polar surface area (TPSA) is 73.7 Å². The number of aliphatic hydroxyl groups excluding tert-OH is 1. The smallest absolute Gasteiger partial charge is 0.290 e. The minimum absolute atomic E-state index is 0.164. The van der Waals surface area contributed by atoms with Crippen molar-refractivity contribution in [3.8, 4) is 0 Å². The third-order valence-corrected chi connectivity index (χ3v) is 5.64. The Kier molecular flexibility index (Phi) is 6.48. The van der Waals surface area contributed by atoms with Crippen LogP contribution in [0.4, 0.5) is 5.69 Å². The maximum atomic E-state index is 13.3. The number of ketones is 1. The quantitative estimate of drug-likeness (QED) is 0.715. The Morgan fingerprint density at radius 2 is 1.77 bits per heavy atom. The molecule has 164 valence electrons. The summed E-state index contributed by atoms with van der Waals surface area (Å²) in [5.74, 6) is -1.22. The molecular formula is C25H31N3O3. The first-order valence-corrected chi connectivity index (χ1v) is 10.7. The molecule has 1 aromatic heterocycles. The van der Waals surface area contributed by atoms with Crippen LogP contribution < -0.4 is 4.90 Å². The van der Waals surface area contributed by atoms with Crippen molar-refractivity contribution in [1.29, 1.82) is 0 Å². The number of carbonyl (C=O) groups excluding carboxylic acids is 2. The van der Waals surface area contributed by atoms with Gasteiger partial charge < -0.3 is 14.9 Å². The number of anilines is 1. The lowest BCUT2D eigenvalue weighted by Crippen LogP contribution is -2.32. The van der Waals surface area contributed by atoms with E-state index in [9.17, 15) is 14.7 Å². The first-order chi connectivity index (χ1) is 14.7. The van der Waals surface area contributed by atoms with Crippen LogP contribution in [0.2, 0.25) is 0 Å². The molecule has 0 spiro atoms. The third-order valence-electron chi connectivity index (χ3n) is 5.64. The molecule has 6 nitrogen and oxygen atoms in total. The highest BCUT2D eigenvalue weighted by atomic mass is 16.3. The van der Waals surface area contributed by atoms with Gasteiger partial charge in [0.2, 0.25) is 0 Å². The van der Waals surface area contributed by atoms with Crippen molar-refractivity contribution in [3.05, 3.63) is 71.3 Å². The molecule has 1 aliphatic rings. The summed E-state index contributed by atoms with van der Waals surface area (Å²) in [6.07, 6.45) is 3.36. The molecule has 2 heterocycles. The highest BCUT2D eigenvalue weighted by Gasteiger charge is 2.45. The Morgan fingerprint density at radius 3 is 2.29 bits per heavy atom. The standard InChI is InChI=1S/C25H31N3O3/c1-6-27(7-2)19-12-10-18(11-13-19)21-20(23(30)25(3,4)5)22(29)24(31)28(21)16-17-9-8-14-26-15-17/h8-15,21,29H,6-7,16H2,1-5H3. The lowest BCUT2D eigenvalue weighted by Gasteiger charge is -2.29. The van der Waals surface area contributed by atoms with Crippen LogP contribution in [0.1, 0.15) is 51.8 Å². The van der Waals surface area contributed by atoms with Gasteiger partial charge in [-0.3, -0.25) is 14.6 Å². The Bertz CT molecular complexity index is 971. The zero-order valence-corrected chi connectivity index (χ0v) is 18.9. The van der Waals surface area contributed by atoms with Crippen LogP contribution in [0, 0.1) is 5.41 Å². The second-order valence-corrected chi connectivity index (χ2v) is 8.80. The predicted molar refractivity (Wildman–Crippen MR) is 122 cm³/mol. The molecule has 3 rings (SSSR count). The number of benzene rings is 1. The van der Waals surface area contributed by atoms with Crippen LogP contribution in [0.25, 0.3) is 0 Å². The number of hydrogen-bond acceptors (Lipinski definition) is 5. The molecule has 0 aliphatic carbocycles. The van der Waals surface area contributed by atoms with Crippen molar-refractivity contribution in [2.45, 2.75) is 47.2 Å². The van der Waals surface area contributed by atoms with Gasteiger partial charge in [0.15, 0.2) is 11.5 Å². The van der Waals surface area contributed by atoms with Gasteiger partial charge in [0.05, 0.1) is 11.6 Å². The summed E-state index contributed by atoms with van der Waals surface area (Å²) in [7, 11) is 0. The molecule has 0 radical (unpaired) electrons. The van der Waals surface area contributed by atoms with E-state index < -0.39 is 23.1 Å². The first kappa shape index (κ1) is 22.5. The fourth-order valence-corrected chi connectivity index (χ4v) is 3.94. The molecular weight excluding hydrogens is 390 g/mol. The van der Waals surface area contributed by atoms with E-state index in [2.05, 4.69) is 23.7 Å². The van der Waals surface area contributed by atoms with E-state index in [-0.39, 0.29) is 17.9 Å². The van der Waals surface area contributed by atoms with Crippen LogP contribution in [-0.4, -0.2) is 39.8 Å². The van der Waals surface area contributed by atoms with Crippen molar-refractivity contribution in [3.63, 3.8) is 0 Å². The van der Waals surface area contributed by atoms with Gasteiger partial charge in [-0.1, -0.05) is 39.0 Å². The largest absolute Gasteiger partial charge is 0.503 e. The highest BCUT2D eigenvalue weighted by molar-refractivity contribution is 6.10. The number of rotatable bonds is 7. The second kappa shape index (κ2) is 8.92. The molecule has 1 amide bonds. The van der Waals surface area contributed by atoms with Gasteiger partial charge in [0.1, 0.15) is 0 Å². The van der Waals surface area contributed by atoms with Crippen molar-refractivity contribution >= 4 is 17.4 Å². The number of nitrogens with zero attached hydrogens (tertiary/aromatic N) is 3. The maximum absolute atomic E-state index is 13.3. The fraction of sp³-hybridized carbons (Fsp3) is 0.400. The van der Waals surface area contributed by atoms with Crippen molar-refractivity contribution in [2.24, 2.45) is 5.41 Å². The van der Waals surface area contributed by atoms with Crippen LogP contribution in [-0.2, 0) is 16.1 Å². The van der Waals surface area contributed by atoms with Gasteiger partial charge in [-0.15, -0.1) is 0 Å². The number of Topliss-reactive ketones (excluding diaryl/α,β-unsaturated/α-hetero) is 1. The van der Waals surface area contributed by atoms with Crippen LogP contribution in [0.3, 0.4) is 0 Å². The monoisotopic (exact) mass is 421 g/mol. The lowest BCUT2D eigenvalue weighted by molar-refractivity contribution is -0.130. The van der Waals surface area contributed by atoms with E-state index in [0.717, 1.165) is 29.9 Å². The summed E-state index contributed by atoms with van der Waals surface area (Å²) in [5, 5.41) is 10.7. The number of hydrogen-bond donors (Lipinski definition) is 1. The van der Waals surface area contributed by atoms with Gasteiger partial charge in [0.25, 0.3) is 5.91 Å². The Morgan fingerprint density at radius 1 is 1.13 bits per heavy atom. The van der Waals surface area contributed by atoms with Crippen LogP contribution >= 0.6 is 0 Å². The molecule has 1 aliphatic heterocycles. The average molecular weight is 422 g/mol. The number of carbonyl (C=O) groups is 2. The Hall–Kier alpha value is -3.15. The molecule has 2 aromatic rings. The molecule has 1 atom stereocenters. The summed E-state index contributed by atoms with van der Waals surface area (Å²) in [4.78, 5) is 34.2. The summed E-state index contributed by atoms with van der Waals surface area (Å²) in [5.41, 5.74) is 2.14. The summed E-state index contributed by atoms with van der Waals surface area (Å²) < 4.78 is 0. The number of aliphatic hydroxyl groups is 1. The van der Waals surface area contributed by atoms with E-state index in [1.54, 1.807) is 44.1 Å². The number of pyridine rings is 1. The molecule has 0 bridgehead atoms. The maximum Gasteiger partial charge on any atom is 0.290 e. The second-order valence-electron chi connectivity index (χ2n) is 8.80. The summed E-state index contributed by atoms with van der Waals surface area (Å²) >= 11 is 0. The van der Waals surface area contributed by atoms with E-state index in [1.807, 2.05) is 30.3 Å². The zero-order valence-electron chi connectivity index (χ0n) is 18.9. The van der Waals surface area contributed by atoms with E-state index in [1.165, 1.54) is 0 Å². The molecule has 31 heavy (non-hydrogen) atoms. The fourth-order valence-electron chi connectivity index (χ4n) is 3.94. The van der Waals surface area contributed by atoms with Crippen LogP contribution in [0.15, 0.2) is 60.1 Å². The minimum Gasteiger partial charge on any atom is -0.503 e. The summed E-state index contributed by atoms with van der Waals surface area (Å²) in [6, 6.07) is 10.9. The lowest BCUT2D eigenvalue weighted by atomic mass is 9.82. The molecule has 1 aromatic carbocycles. The zero-order chi connectivity index (χ0) is 22.8. The van der Waals surface area contributed by atoms with Crippen molar-refractivity contribution in [2.75, 3.05) is 18.0 Å². The molecule has 0 saturated heterocycles. The Balaban J connectivity index is 2.06. The predicted octanol–water partition coefficient (Wildman–Crippen LogP) is 4.44.